The molecule has 0 fully saturated rings. The lowest BCUT2D eigenvalue weighted by atomic mass is 10.2. The third kappa shape index (κ3) is 7.04. The van der Waals surface area contributed by atoms with E-state index in [4.69, 9.17) is 9.47 Å². The summed E-state index contributed by atoms with van der Waals surface area (Å²) >= 11 is 0. The van der Waals surface area contributed by atoms with Crippen molar-refractivity contribution in [3.8, 4) is 5.75 Å². The minimum absolute atomic E-state index is 0.205. The summed E-state index contributed by atoms with van der Waals surface area (Å²) in [6.07, 6.45) is 4.37. The van der Waals surface area contributed by atoms with E-state index in [9.17, 15) is 18.4 Å². The molecule has 31 heavy (non-hydrogen) atoms. The molecule has 1 N–H and O–H groups in total. The predicted molar refractivity (Wildman–Crippen MR) is 110 cm³/mol. The van der Waals surface area contributed by atoms with Crippen LogP contribution in [0.3, 0.4) is 0 Å². The minimum atomic E-state index is -0.924. The van der Waals surface area contributed by atoms with Gasteiger partial charge in [-0.2, -0.15) is 0 Å². The lowest BCUT2D eigenvalue weighted by Crippen LogP contribution is -2.20. The van der Waals surface area contributed by atoms with Crippen molar-refractivity contribution < 1.29 is 27.8 Å². The molecule has 1 aromatic heterocycles. The van der Waals surface area contributed by atoms with Crippen LogP contribution in [0, 0.1) is 11.6 Å². The number of ether oxygens (including phenoxy) is 2. The highest BCUT2D eigenvalue weighted by Gasteiger charge is 2.09. The largest absolute Gasteiger partial charge is 0.487 e. The zero-order valence-electron chi connectivity index (χ0n) is 16.3. The molecule has 3 aromatic rings. The van der Waals surface area contributed by atoms with Crippen LogP contribution in [0.2, 0.25) is 0 Å². The summed E-state index contributed by atoms with van der Waals surface area (Å²) in [5.41, 5.74) is 1.32. The topological polar surface area (TPSA) is 77.5 Å². The number of esters is 1. The van der Waals surface area contributed by atoms with Gasteiger partial charge in [0, 0.05) is 18.3 Å². The Kier molecular flexibility index (Phi) is 7.42. The molecule has 158 valence electrons. The lowest BCUT2D eigenvalue weighted by molar-refractivity contribution is -0.142. The molecule has 1 heterocycles. The van der Waals surface area contributed by atoms with Gasteiger partial charge >= 0.3 is 5.97 Å². The molecule has 0 saturated carbocycles. The molecule has 0 saturated heterocycles. The number of aromatic nitrogens is 1. The number of carbonyl (C=O) groups excluding carboxylic acids is 2. The number of nitrogens with one attached hydrogen (secondary N) is 1. The van der Waals surface area contributed by atoms with Crippen molar-refractivity contribution in [3.05, 3.63) is 95.8 Å². The van der Waals surface area contributed by atoms with Gasteiger partial charge in [0.05, 0.1) is 11.4 Å². The first-order valence-electron chi connectivity index (χ1n) is 9.22. The Labute approximate surface area is 177 Å². The van der Waals surface area contributed by atoms with Crippen LogP contribution in [0.4, 0.5) is 14.5 Å². The van der Waals surface area contributed by atoms with Gasteiger partial charge in [-0.3, -0.25) is 9.78 Å². The molecule has 2 aromatic carbocycles. The number of halogens is 2. The first-order valence-corrected chi connectivity index (χ1v) is 9.22. The van der Waals surface area contributed by atoms with Crippen LogP contribution in [-0.2, 0) is 20.9 Å². The zero-order chi connectivity index (χ0) is 22.1. The second-order valence-corrected chi connectivity index (χ2v) is 6.29. The minimum Gasteiger partial charge on any atom is -0.487 e. The smallest absolute Gasteiger partial charge is 0.331 e. The maximum absolute atomic E-state index is 13.5. The first kappa shape index (κ1) is 21.6. The van der Waals surface area contributed by atoms with E-state index < -0.39 is 30.1 Å². The van der Waals surface area contributed by atoms with Crippen LogP contribution >= 0.6 is 0 Å². The van der Waals surface area contributed by atoms with E-state index in [1.165, 1.54) is 6.08 Å². The van der Waals surface area contributed by atoms with E-state index in [2.05, 4.69) is 10.3 Å². The second-order valence-electron chi connectivity index (χ2n) is 6.29. The van der Waals surface area contributed by atoms with Gasteiger partial charge in [-0.05, 0) is 48.0 Å². The maximum Gasteiger partial charge on any atom is 0.331 e. The summed E-state index contributed by atoms with van der Waals surface area (Å²) < 4.78 is 36.8. The van der Waals surface area contributed by atoms with Gasteiger partial charge in [0.15, 0.2) is 6.61 Å². The van der Waals surface area contributed by atoms with Gasteiger partial charge in [-0.15, -0.1) is 0 Å². The fourth-order valence-electron chi connectivity index (χ4n) is 2.44. The summed E-state index contributed by atoms with van der Waals surface area (Å²) in [4.78, 5) is 27.7. The molecule has 0 spiro atoms. The van der Waals surface area contributed by atoms with Crippen molar-refractivity contribution in [1.82, 2.24) is 4.98 Å². The molecule has 0 aliphatic carbocycles. The molecule has 6 nitrogen and oxygen atoms in total. The molecule has 8 heteroatoms. The first-order chi connectivity index (χ1) is 15.0. The number of pyridine rings is 1. The van der Waals surface area contributed by atoms with E-state index >= 15 is 0 Å². The number of rotatable bonds is 8. The van der Waals surface area contributed by atoms with E-state index in [-0.39, 0.29) is 5.69 Å². The lowest BCUT2D eigenvalue weighted by Gasteiger charge is -2.06. The number of hydrogen-bond donors (Lipinski definition) is 1. The average molecular weight is 424 g/mol. The van der Waals surface area contributed by atoms with Crippen molar-refractivity contribution in [1.29, 1.82) is 0 Å². The Hall–Kier alpha value is -4.07. The van der Waals surface area contributed by atoms with Gasteiger partial charge in [-0.1, -0.05) is 18.2 Å². The Morgan fingerprint density at radius 2 is 1.84 bits per heavy atom. The summed E-state index contributed by atoms with van der Waals surface area (Å²) in [6.45, 7) is -0.271. The van der Waals surface area contributed by atoms with Gasteiger partial charge in [0.1, 0.15) is 24.0 Å². The summed E-state index contributed by atoms with van der Waals surface area (Å²) in [5, 5.41) is 2.20. The summed E-state index contributed by atoms with van der Waals surface area (Å²) in [6, 6.07) is 15.3. The maximum atomic E-state index is 13.5. The van der Waals surface area contributed by atoms with E-state index in [1.807, 2.05) is 18.2 Å². The molecule has 0 bridgehead atoms. The molecular formula is C23H18F2N2O4. The van der Waals surface area contributed by atoms with Crippen LogP contribution in [0.25, 0.3) is 6.08 Å². The van der Waals surface area contributed by atoms with Gasteiger partial charge in [-0.25, -0.2) is 13.6 Å². The Balaban J connectivity index is 1.43. The monoisotopic (exact) mass is 424 g/mol. The molecule has 0 atom stereocenters. The quantitative estimate of drug-likeness (QED) is 0.435. The molecule has 1 amide bonds. The van der Waals surface area contributed by atoms with Crippen LogP contribution in [0.5, 0.6) is 5.75 Å². The Morgan fingerprint density at radius 3 is 2.55 bits per heavy atom. The van der Waals surface area contributed by atoms with Crippen LogP contribution < -0.4 is 10.1 Å². The highest BCUT2D eigenvalue weighted by molar-refractivity contribution is 5.94. The Morgan fingerprint density at radius 1 is 1.03 bits per heavy atom. The van der Waals surface area contributed by atoms with Crippen LogP contribution in [-0.4, -0.2) is 23.5 Å². The third-order valence-electron chi connectivity index (χ3n) is 3.96. The number of anilines is 1. The molecule has 0 unspecified atom stereocenters. The molecule has 3 rings (SSSR count). The number of amides is 1. The highest BCUT2D eigenvalue weighted by Crippen LogP contribution is 2.16. The van der Waals surface area contributed by atoms with Crippen LogP contribution in [0.15, 0.2) is 72.9 Å². The van der Waals surface area contributed by atoms with Gasteiger partial charge in [0.25, 0.3) is 5.91 Å². The van der Waals surface area contributed by atoms with Gasteiger partial charge < -0.3 is 14.8 Å². The number of nitrogens with zero attached hydrogens (tertiary/aromatic N) is 1. The summed E-state index contributed by atoms with van der Waals surface area (Å²) in [7, 11) is 0. The van der Waals surface area contributed by atoms with Crippen molar-refractivity contribution in [2.24, 2.45) is 0 Å². The van der Waals surface area contributed by atoms with E-state index in [0.29, 0.717) is 18.4 Å². The molecule has 0 aliphatic rings. The molecular weight excluding hydrogens is 406 g/mol. The van der Waals surface area contributed by atoms with Crippen molar-refractivity contribution in [3.63, 3.8) is 0 Å². The van der Waals surface area contributed by atoms with E-state index in [1.54, 1.807) is 30.5 Å². The molecule has 0 radical (unpaired) electrons. The van der Waals surface area contributed by atoms with Crippen LogP contribution in [0.1, 0.15) is 11.3 Å². The zero-order valence-corrected chi connectivity index (χ0v) is 16.3. The predicted octanol–water partition coefficient (Wildman–Crippen LogP) is 4.13. The summed E-state index contributed by atoms with van der Waals surface area (Å²) in [5.74, 6) is -2.53. The highest BCUT2D eigenvalue weighted by atomic mass is 19.1. The van der Waals surface area contributed by atoms with E-state index in [0.717, 1.165) is 29.5 Å². The normalized spacial score (nSPS) is 10.6. The molecule has 0 aliphatic heterocycles. The Bertz CT molecular complexity index is 1070. The standard InChI is InChI=1S/C23H18F2N2O4/c24-17-7-10-21(20(25)13-17)27-22(28)15-31-23(29)11-6-16-4-8-19(9-5-16)30-14-18-3-1-2-12-26-18/h1-13H,14-15H2,(H,27,28). The number of benzene rings is 2. The van der Waals surface area contributed by atoms with Crippen molar-refractivity contribution >= 4 is 23.6 Å². The average Bonchev–Trinajstić information content (AvgIpc) is 2.78. The fourth-order valence-corrected chi connectivity index (χ4v) is 2.44. The number of hydrogen-bond acceptors (Lipinski definition) is 5. The third-order valence-corrected chi connectivity index (χ3v) is 3.96. The SMILES string of the molecule is O=C(COC(=O)C=Cc1ccc(OCc2ccccn2)cc1)Nc1ccc(F)cc1F. The van der Waals surface area contributed by atoms with Crippen molar-refractivity contribution in [2.75, 3.05) is 11.9 Å². The van der Waals surface area contributed by atoms with Crippen molar-refractivity contribution in [2.45, 2.75) is 6.61 Å². The fraction of sp³-hybridized carbons (Fsp3) is 0.0870. The number of carbonyl (C=O) groups is 2. The van der Waals surface area contributed by atoms with Gasteiger partial charge in [0.2, 0.25) is 0 Å². The second kappa shape index (κ2) is 10.6.